The third-order valence-electron chi connectivity index (χ3n) is 5.15. The number of nitrogens with two attached hydrogens (primary N) is 1. The topological polar surface area (TPSA) is 81.2 Å². The summed E-state index contributed by atoms with van der Waals surface area (Å²) >= 11 is 0. The van der Waals surface area contributed by atoms with E-state index in [1.807, 2.05) is 4.90 Å². The number of hydrogen-bond acceptors (Lipinski definition) is 3. The molecule has 0 saturated carbocycles. The second kappa shape index (κ2) is 8.17. The largest absolute Gasteiger partial charge is 0.370 e. The highest BCUT2D eigenvalue weighted by Crippen LogP contribution is 2.23. The van der Waals surface area contributed by atoms with Crippen LogP contribution >= 0.6 is 0 Å². The molecule has 3 rings (SSSR count). The van der Waals surface area contributed by atoms with E-state index in [0.717, 1.165) is 37.9 Å². The number of primary amides is 1. The highest BCUT2D eigenvalue weighted by Gasteiger charge is 2.25. The van der Waals surface area contributed by atoms with Crippen LogP contribution in [0.15, 0.2) is 36.5 Å². The predicted octanol–water partition coefficient (Wildman–Crippen LogP) is 1.93. The standard InChI is InChI=1S/C20H26N4O2/c1-23-18(8-11-22-23)20(26)24-12-9-17(10-13-24)14-16-4-2-15(3-5-16)6-7-19(21)25/h2-5,8,11,17H,6-7,9-10,12-14H2,1H3,(H2,21,25). The van der Waals surface area contributed by atoms with E-state index in [4.69, 9.17) is 5.73 Å². The molecule has 1 aliphatic rings. The number of piperidine rings is 1. The highest BCUT2D eigenvalue weighted by atomic mass is 16.2. The predicted molar refractivity (Wildman–Crippen MR) is 99.5 cm³/mol. The zero-order valence-electron chi connectivity index (χ0n) is 15.2. The van der Waals surface area contributed by atoms with Crippen molar-refractivity contribution in [2.45, 2.75) is 32.1 Å². The quantitative estimate of drug-likeness (QED) is 0.861. The van der Waals surface area contributed by atoms with Crippen LogP contribution in [0.3, 0.4) is 0 Å². The van der Waals surface area contributed by atoms with Gasteiger partial charge in [-0.3, -0.25) is 14.3 Å². The maximum atomic E-state index is 12.5. The Hall–Kier alpha value is -2.63. The summed E-state index contributed by atoms with van der Waals surface area (Å²) in [5.74, 6) is 0.408. The van der Waals surface area contributed by atoms with Crippen LogP contribution < -0.4 is 5.73 Å². The molecule has 1 aliphatic heterocycles. The van der Waals surface area contributed by atoms with Gasteiger partial charge in [0.2, 0.25) is 5.91 Å². The fraction of sp³-hybridized carbons (Fsp3) is 0.450. The summed E-state index contributed by atoms with van der Waals surface area (Å²) < 4.78 is 1.63. The first-order valence-corrected chi connectivity index (χ1v) is 9.16. The van der Waals surface area contributed by atoms with Crippen LogP contribution in [0.2, 0.25) is 0 Å². The Morgan fingerprint density at radius 2 is 1.77 bits per heavy atom. The van der Waals surface area contributed by atoms with Gasteiger partial charge in [0.1, 0.15) is 5.69 Å². The van der Waals surface area contributed by atoms with Gasteiger partial charge in [0.25, 0.3) is 5.91 Å². The minimum atomic E-state index is -0.262. The summed E-state index contributed by atoms with van der Waals surface area (Å²) in [6.07, 6.45) is 5.82. The fourth-order valence-electron chi connectivity index (χ4n) is 3.53. The van der Waals surface area contributed by atoms with Crippen LogP contribution in [0.4, 0.5) is 0 Å². The van der Waals surface area contributed by atoms with Gasteiger partial charge >= 0.3 is 0 Å². The molecule has 1 fully saturated rings. The third-order valence-corrected chi connectivity index (χ3v) is 5.15. The van der Waals surface area contributed by atoms with Crippen molar-refractivity contribution < 1.29 is 9.59 Å². The number of aromatic nitrogens is 2. The Balaban J connectivity index is 1.49. The lowest BCUT2D eigenvalue weighted by Gasteiger charge is -2.32. The average molecular weight is 354 g/mol. The number of hydrogen-bond donors (Lipinski definition) is 1. The molecule has 2 aromatic rings. The molecular weight excluding hydrogens is 328 g/mol. The summed E-state index contributed by atoms with van der Waals surface area (Å²) in [5, 5.41) is 4.08. The fourth-order valence-corrected chi connectivity index (χ4v) is 3.53. The zero-order valence-corrected chi connectivity index (χ0v) is 15.2. The highest BCUT2D eigenvalue weighted by molar-refractivity contribution is 5.92. The lowest BCUT2D eigenvalue weighted by molar-refractivity contribution is -0.117. The van der Waals surface area contributed by atoms with Crippen molar-refractivity contribution in [1.82, 2.24) is 14.7 Å². The van der Waals surface area contributed by atoms with Crippen LogP contribution in [-0.2, 0) is 24.7 Å². The normalized spacial score (nSPS) is 15.2. The van der Waals surface area contributed by atoms with Gasteiger partial charge in [-0.05, 0) is 48.8 Å². The molecule has 2 N–H and O–H groups in total. The van der Waals surface area contributed by atoms with E-state index in [1.54, 1.807) is 24.0 Å². The average Bonchev–Trinajstić information content (AvgIpc) is 3.07. The number of nitrogens with zero attached hydrogens (tertiary/aromatic N) is 3. The van der Waals surface area contributed by atoms with Crippen molar-refractivity contribution in [2.75, 3.05) is 13.1 Å². The molecule has 0 aliphatic carbocycles. The molecule has 138 valence electrons. The molecule has 6 nitrogen and oxygen atoms in total. The molecule has 0 spiro atoms. The lowest BCUT2D eigenvalue weighted by Crippen LogP contribution is -2.39. The van der Waals surface area contributed by atoms with Gasteiger partial charge in [0, 0.05) is 32.8 Å². The molecule has 0 unspecified atom stereocenters. The van der Waals surface area contributed by atoms with Gasteiger partial charge in [0.05, 0.1) is 0 Å². The van der Waals surface area contributed by atoms with E-state index < -0.39 is 0 Å². The summed E-state index contributed by atoms with van der Waals surface area (Å²) in [5.41, 5.74) is 8.29. The monoisotopic (exact) mass is 354 g/mol. The summed E-state index contributed by atoms with van der Waals surface area (Å²) in [4.78, 5) is 25.3. The van der Waals surface area contributed by atoms with Crippen LogP contribution in [-0.4, -0.2) is 39.6 Å². The smallest absolute Gasteiger partial charge is 0.272 e. The van der Waals surface area contributed by atoms with Crippen molar-refractivity contribution in [2.24, 2.45) is 18.7 Å². The minimum Gasteiger partial charge on any atom is -0.370 e. The number of carbonyl (C=O) groups excluding carboxylic acids is 2. The molecule has 0 bridgehead atoms. The Kier molecular flexibility index (Phi) is 5.71. The van der Waals surface area contributed by atoms with Crippen molar-refractivity contribution in [3.05, 3.63) is 53.3 Å². The number of carbonyl (C=O) groups is 2. The van der Waals surface area contributed by atoms with Gasteiger partial charge < -0.3 is 10.6 Å². The minimum absolute atomic E-state index is 0.0715. The maximum absolute atomic E-state index is 12.5. The second-order valence-corrected chi connectivity index (χ2v) is 7.06. The van der Waals surface area contributed by atoms with E-state index in [-0.39, 0.29) is 11.8 Å². The first-order valence-electron chi connectivity index (χ1n) is 9.16. The second-order valence-electron chi connectivity index (χ2n) is 7.06. The van der Waals surface area contributed by atoms with Crippen molar-refractivity contribution >= 4 is 11.8 Å². The molecule has 1 saturated heterocycles. The van der Waals surface area contributed by atoms with E-state index in [0.29, 0.717) is 24.5 Å². The molecule has 6 heteroatoms. The number of amides is 2. The molecule has 2 amide bonds. The van der Waals surface area contributed by atoms with Crippen molar-refractivity contribution in [3.8, 4) is 0 Å². The maximum Gasteiger partial charge on any atom is 0.272 e. The summed E-state index contributed by atoms with van der Waals surface area (Å²) in [6, 6.07) is 10.2. The molecular formula is C20H26N4O2. The van der Waals surface area contributed by atoms with Crippen LogP contribution in [0, 0.1) is 5.92 Å². The van der Waals surface area contributed by atoms with Crippen LogP contribution in [0.5, 0.6) is 0 Å². The SMILES string of the molecule is Cn1nccc1C(=O)N1CCC(Cc2ccc(CCC(N)=O)cc2)CC1. The Labute approximate surface area is 154 Å². The van der Waals surface area contributed by atoms with Gasteiger partial charge in [-0.1, -0.05) is 24.3 Å². The lowest BCUT2D eigenvalue weighted by atomic mass is 9.89. The van der Waals surface area contributed by atoms with E-state index in [1.165, 1.54) is 5.56 Å². The van der Waals surface area contributed by atoms with E-state index >= 15 is 0 Å². The van der Waals surface area contributed by atoms with E-state index in [2.05, 4.69) is 29.4 Å². The van der Waals surface area contributed by atoms with Gasteiger partial charge in [0.15, 0.2) is 0 Å². The van der Waals surface area contributed by atoms with Gasteiger partial charge in [-0.2, -0.15) is 5.10 Å². The van der Waals surface area contributed by atoms with Crippen LogP contribution in [0.25, 0.3) is 0 Å². The molecule has 0 atom stereocenters. The van der Waals surface area contributed by atoms with Crippen molar-refractivity contribution in [3.63, 3.8) is 0 Å². The molecule has 1 aromatic heterocycles. The first kappa shape index (κ1) is 18.2. The first-order chi connectivity index (χ1) is 12.5. The zero-order chi connectivity index (χ0) is 18.5. The van der Waals surface area contributed by atoms with Crippen molar-refractivity contribution in [1.29, 1.82) is 0 Å². The molecule has 1 aromatic carbocycles. The Bertz CT molecular complexity index is 758. The third kappa shape index (κ3) is 4.50. The van der Waals surface area contributed by atoms with Crippen LogP contribution in [0.1, 0.15) is 40.9 Å². The van der Waals surface area contributed by atoms with Gasteiger partial charge in [-0.15, -0.1) is 0 Å². The molecule has 0 radical (unpaired) electrons. The van der Waals surface area contributed by atoms with Gasteiger partial charge in [-0.25, -0.2) is 0 Å². The molecule has 2 heterocycles. The number of aryl methyl sites for hydroxylation is 2. The number of likely N-dealkylation sites (tertiary alicyclic amines) is 1. The van der Waals surface area contributed by atoms with E-state index in [9.17, 15) is 9.59 Å². The Morgan fingerprint density at radius 3 is 2.35 bits per heavy atom. The molecule has 26 heavy (non-hydrogen) atoms. The number of benzene rings is 1. The number of rotatable bonds is 6. The summed E-state index contributed by atoms with van der Waals surface area (Å²) in [7, 11) is 1.80. The summed E-state index contributed by atoms with van der Waals surface area (Å²) in [6.45, 7) is 1.59. The Morgan fingerprint density at radius 1 is 1.12 bits per heavy atom.